The Labute approximate surface area is 179 Å². The van der Waals surface area contributed by atoms with Crippen molar-refractivity contribution in [3.8, 4) is 23.0 Å². The van der Waals surface area contributed by atoms with Crippen LogP contribution < -0.4 is 29.6 Å². The van der Waals surface area contributed by atoms with E-state index in [1.54, 1.807) is 28.4 Å². The molecule has 7 heteroatoms. The van der Waals surface area contributed by atoms with E-state index < -0.39 is 0 Å². The first-order valence-corrected chi connectivity index (χ1v) is 10.0. The molecule has 0 aliphatic carbocycles. The van der Waals surface area contributed by atoms with E-state index in [0.29, 0.717) is 23.8 Å². The van der Waals surface area contributed by atoms with Crippen LogP contribution in [0.4, 0.5) is 0 Å². The standard InChI is InChI=1S/C23H33N3O4/c1-7-24-23(25-11-10-17-12-16(2)8-9-19(17)27-3)26-15-18-13-21(29-5)22(30-6)14-20(18)28-4/h8-9,12-14H,7,10-11,15H2,1-6H3,(H2,24,25,26). The van der Waals surface area contributed by atoms with Gasteiger partial charge in [0.15, 0.2) is 17.5 Å². The summed E-state index contributed by atoms with van der Waals surface area (Å²) in [6.45, 7) is 6.06. The molecule has 0 fully saturated rings. The molecule has 164 valence electrons. The number of aryl methyl sites for hydroxylation is 1. The van der Waals surface area contributed by atoms with Crippen LogP contribution in [0.2, 0.25) is 0 Å². The molecule has 2 aromatic rings. The molecule has 2 aromatic carbocycles. The van der Waals surface area contributed by atoms with Crippen LogP contribution in [0.1, 0.15) is 23.6 Å². The van der Waals surface area contributed by atoms with Crippen LogP contribution >= 0.6 is 0 Å². The van der Waals surface area contributed by atoms with Gasteiger partial charge in [0, 0.05) is 24.7 Å². The predicted octanol–water partition coefficient (Wildman–Crippen LogP) is 3.33. The molecule has 0 saturated carbocycles. The molecule has 2 N–H and O–H groups in total. The quantitative estimate of drug-likeness (QED) is 0.458. The lowest BCUT2D eigenvalue weighted by molar-refractivity contribution is 0.347. The minimum Gasteiger partial charge on any atom is -0.496 e. The van der Waals surface area contributed by atoms with Crippen molar-refractivity contribution >= 4 is 5.96 Å². The fourth-order valence-electron chi connectivity index (χ4n) is 3.14. The number of nitrogens with zero attached hydrogens (tertiary/aromatic N) is 1. The lowest BCUT2D eigenvalue weighted by Gasteiger charge is -2.15. The summed E-state index contributed by atoms with van der Waals surface area (Å²) in [5, 5.41) is 6.66. The molecule has 0 radical (unpaired) electrons. The van der Waals surface area contributed by atoms with E-state index in [0.717, 1.165) is 36.8 Å². The van der Waals surface area contributed by atoms with Crippen molar-refractivity contribution in [2.45, 2.75) is 26.8 Å². The SMILES string of the molecule is CCNC(=NCc1cc(OC)c(OC)cc1OC)NCCc1cc(C)ccc1OC. The third kappa shape index (κ3) is 6.20. The van der Waals surface area contributed by atoms with Gasteiger partial charge in [-0.15, -0.1) is 0 Å². The van der Waals surface area contributed by atoms with Crippen LogP contribution in [0.15, 0.2) is 35.3 Å². The van der Waals surface area contributed by atoms with Gasteiger partial charge in [-0.25, -0.2) is 4.99 Å². The molecule has 7 nitrogen and oxygen atoms in total. The van der Waals surface area contributed by atoms with Crippen molar-refractivity contribution in [1.29, 1.82) is 0 Å². The Morgan fingerprint density at radius 3 is 2.10 bits per heavy atom. The molecule has 0 atom stereocenters. The molecule has 0 aliphatic heterocycles. The average molecular weight is 416 g/mol. The Bertz CT molecular complexity index is 853. The summed E-state index contributed by atoms with van der Waals surface area (Å²) in [5.74, 6) is 3.62. The van der Waals surface area contributed by atoms with Crippen LogP contribution in [0.25, 0.3) is 0 Å². The predicted molar refractivity (Wildman–Crippen MR) is 120 cm³/mol. The zero-order valence-electron chi connectivity index (χ0n) is 18.8. The van der Waals surface area contributed by atoms with Crippen LogP contribution in [0.3, 0.4) is 0 Å². The number of benzene rings is 2. The highest BCUT2D eigenvalue weighted by Crippen LogP contribution is 2.34. The second kappa shape index (κ2) is 11.8. The summed E-state index contributed by atoms with van der Waals surface area (Å²) < 4.78 is 21.7. The monoisotopic (exact) mass is 415 g/mol. The molecular formula is C23H33N3O4. The second-order valence-electron chi connectivity index (χ2n) is 6.71. The van der Waals surface area contributed by atoms with E-state index in [9.17, 15) is 0 Å². The molecule has 0 bridgehead atoms. The summed E-state index contributed by atoms with van der Waals surface area (Å²) in [4.78, 5) is 4.70. The highest BCUT2D eigenvalue weighted by molar-refractivity contribution is 5.79. The van der Waals surface area contributed by atoms with E-state index >= 15 is 0 Å². The van der Waals surface area contributed by atoms with Crippen molar-refractivity contribution in [1.82, 2.24) is 10.6 Å². The van der Waals surface area contributed by atoms with Crippen molar-refractivity contribution in [3.05, 3.63) is 47.0 Å². The number of ether oxygens (including phenoxy) is 4. The maximum Gasteiger partial charge on any atom is 0.191 e. The Hall–Kier alpha value is -3.09. The highest BCUT2D eigenvalue weighted by Gasteiger charge is 2.12. The maximum atomic E-state index is 5.50. The van der Waals surface area contributed by atoms with E-state index in [-0.39, 0.29) is 0 Å². The molecule has 0 spiro atoms. The molecule has 0 aliphatic rings. The average Bonchev–Trinajstić information content (AvgIpc) is 2.76. The van der Waals surface area contributed by atoms with Gasteiger partial charge in [-0.3, -0.25) is 0 Å². The molecule has 0 aromatic heterocycles. The summed E-state index contributed by atoms with van der Waals surface area (Å²) in [5.41, 5.74) is 3.29. The number of hydrogen-bond acceptors (Lipinski definition) is 5. The third-order valence-electron chi connectivity index (χ3n) is 4.66. The summed E-state index contributed by atoms with van der Waals surface area (Å²) in [7, 11) is 6.55. The van der Waals surface area contributed by atoms with Gasteiger partial charge in [-0.2, -0.15) is 0 Å². The number of methoxy groups -OCH3 is 4. The Kier molecular flexibility index (Phi) is 9.12. The Morgan fingerprint density at radius 1 is 0.800 bits per heavy atom. The lowest BCUT2D eigenvalue weighted by Crippen LogP contribution is -2.38. The number of nitrogens with one attached hydrogen (secondary N) is 2. The van der Waals surface area contributed by atoms with Gasteiger partial charge in [0.2, 0.25) is 0 Å². The fraction of sp³-hybridized carbons (Fsp3) is 0.435. The fourth-order valence-corrected chi connectivity index (χ4v) is 3.14. The number of rotatable bonds is 10. The largest absolute Gasteiger partial charge is 0.496 e. The normalized spacial score (nSPS) is 11.1. The molecule has 0 unspecified atom stereocenters. The van der Waals surface area contributed by atoms with Crippen molar-refractivity contribution in [3.63, 3.8) is 0 Å². The molecule has 2 rings (SSSR count). The van der Waals surface area contributed by atoms with Crippen LogP contribution in [-0.2, 0) is 13.0 Å². The first-order valence-electron chi connectivity index (χ1n) is 10.0. The summed E-state index contributed by atoms with van der Waals surface area (Å²) in [6, 6.07) is 9.92. The molecule has 0 amide bonds. The molecule has 30 heavy (non-hydrogen) atoms. The van der Waals surface area contributed by atoms with Crippen molar-refractivity contribution < 1.29 is 18.9 Å². The molecule has 0 heterocycles. The first-order chi connectivity index (χ1) is 14.6. The number of aliphatic imine (C=N–C) groups is 1. The summed E-state index contributed by atoms with van der Waals surface area (Å²) >= 11 is 0. The zero-order valence-corrected chi connectivity index (χ0v) is 18.8. The Morgan fingerprint density at radius 2 is 1.47 bits per heavy atom. The van der Waals surface area contributed by atoms with Gasteiger partial charge in [-0.05, 0) is 38.0 Å². The van der Waals surface area contributed by atoms with E-state index in [4.69, 9.17) is 23.9 Å². The van der Waals surface area contributed by atoms with Crippen LogP contribution in [0.5, 0.6) is 23.0 Å². The maximum absolute atomic E-state index is 5.50. The smallest absolute Gasteiger partial charge is 0.191 e. The van der Waals surface area contributed by atoms with Crippen molar-refractivity contribution in [2.75, 3.05) is 41.5 Å². The molecular weight excluding hydrogens is 382 g/mol. The van der Waals surface area contributed by atoms with Gasteiger partial charge in [-0.1, -0.05) is 17.7 Å². The van der Waals surface area contributed by atoms with Crippen LogP contribution in [-0.4, -0.2) is 47.5 Å². The van der Waals surface area contributed by atoms with Gasteiger partial charge in [0.05, 0.1) is 35.0 Å². The highest BCUT2D eigenvalue weighted by atomic mass is 16.5. The van der Waals surface area contributed by atoms with Gasteiger partial charge < -0.3 is 29.6 Å². The minimum absolute atomic E-state index is 0.437. The number of hydrogen-bond donors (Lipinski definition) is 2. The first kappa shape index (κ1) is 23.2. The van der Waals surface area contributed by atoms with E-state index in [2.05, 4.69) is 29.7 Å². The minimum atomic E-state index is 0.437. The zero-order chi connectivity index (χ0) is 21.9. The number of guanidine groups is 1. The second-order valence-corrected chi connectivity index (χ2v) is 6.71. The van der Waals surface area contributed by atoms with Crippen molar-refractivity contribution in [2.24, 2.45) is 4.99 Å². The van der Waals surface area contributed by atoms with E-state index in [1.807, 2.05) is 25.1 Å². The van der Waals surface area contributed by atoms with E-state index in [1.165, 1.54) is 11.1 Å². The third-order valence-corrected chi connectivity index (χ3v) is 4.66. The Balaban J connectivity index is 2.10. The van der Waals surface area contributed by atoms with Gasteiger partial charge in [0.1, 0.15) is 11.5 Å². The topological polar surface area (TPSA) is 73.3 Å². The summed E-state index contributed by atoms with van der Waals surface area (Å²) in [6.07, 6.45) is 0.828. The lowest BCUT2D eigenvalue weighted by atomic mass is 10.1. The van der Waals surface area contributed by atoms with Gasteiger partial charge >= 0.3 is 0 Å². The van der Waals surface area contributed by atoms with Gasteiger partial charge in [0.25, 0.3) is 0 Å². The van der Waals surface area contributed by atoms with Crippen LogP contribution in [0, 0.1) is 6.92 Å². The molecule has 0 saturated heterocycles.